The molecule has 8 nitrogen and oxygen atoms in total. The highest BCUT2D eigenvalue weighted by molar-refractivity contribution is 8.02. The molecular formula is C18H17N3O5S2. The van der Waals surface area contributed by atoms with Gasteiger partial charge < -0.3 is 24.4 Å². The first-order chi connectivity index (χ1) is 13.5. The molecule has 146 valence electrons. The lowest BCUT2D eigenvalue weighted by Gasteiger charge is -2.25. The van der Waals surface area contributed by atoms with Crippen molar-refractivity contribution in [1.82, 2.24) is 0 Å². The third-order valence-electron chi connectivity index (χ3n) is 4.07. The predicted molar refractivity (Wildman–Crippen MR) is 107 cm³/mol. The van der Waals surface area contributed by atoms with Crippen LogP contribution >= 0.6 is 23.1 Å². The minimum atomic E-state index is -0.322. The molecule has 2 aliphatic heterocycles. The van der Waals surface area contributed by atoms with Crippen molar-refractivity contribution in [2.24, 2.45) is 0 Å². The molecule has 0 spiro atoms. The topological polar surface area (TPSA) is 101 Å². The molecule has 10 heteroatoms. The Balaban J connectivity index is 1.49. The number of ether oxygens (including phenoxy) is 3. The fourth-order valence-corrected chi connectivity index (χ4v) is 5.02. The van der Waals surface area contributed by atoms with Crippen molar-refractivity contribution < 1.29 is 23.8 Å². The van der Waals surface area contributed by atoms with Gasteiger partial charge in [-0.2, -0.15) is 0 Å². The van der Waals surface area contributed by atoms with Crippen molar-refractivity contribution in [2.45, 2.75) is 11.1 Å². The standard InChI is InChI=1S/C18H17N3O5S2/c1-2-24-17(19)14-6-11-18(28-14)27-8-16(23)21(11)7-15(22)20-10-3-4-12-13(5-10)26-9-25-12/h3-6,19H,2,7-9H2,1H3,(H,20,22). The number of amides is 2. The van der Waals surface area contributed by atoms with Crippen LogP contribution in [0.1, 0.15) is 11.8 Å². The molecule has 0 fully saturated rings. The zero-order valence-corrected chi connectivity index (χ0v) is 16.6. The van der Waals surface area contributed by atoms with E-state index < -0.39 is 0 Å². The molecule has 4 rings (SSSR count). The zero-order valence-electron chi connectivity index (χ0n) is 14.9. The van der Waals surface area contributed by atoms with Crippen molar-refractivity contribution in [3.63, 3.8) is 0 Å². The van der Waals surface area contributed by atoms with Crippen LogP contribution in [-0.4, -0.2) is 43.4 Å². The summed E-state index contributed by atoms with van der Waals surface area (Å²) in [5.41, 5.74) is 1.21. The molecule has 1 aromatic heterocycles. The third-order valence-corrected chi connectivity index (χ3v) is 6.45. The highest BCUT2D eigenvalue weighted by Crippen LogP contribution is 2.42. The van der Waals surface area contributed by atoms with Crippen LogP contribution in [0.2, 0.25) is 0 Å². The van der Waals surface area contributed by atoms with Gasteiger partial charge in [-0.15, -0.1) is 23.1 Å². The number of nitrogens with zero attached hydrogens (tertiary/aromatic N) is 1. The Hall–Kier alpha value is -2.72. The highest BCUT2D eigenvalue weighted by Gasteiger charge is 2.30. The second-order valence-electron chi connectivity index (χ2n) is 5.93. The van der Waals surface area contributed by atoms with Crippen molar-refractivity contribution in [3.8, 4) is 11.5 Å². The van der Waals surface area contributed by atoms with Gasteiger partial charge in [-0.05, 0) is 25.1 Å². The van der Waals surface area contributed by atoms with Crippen molar-refractivity contribution in [3.05, 3.63) is 29.1 Å². The van der Waals surface area contributed by atoms with E-state index in [1.54, 1.807) is 24.3 Å². The fourth-order valence-electron chi connectivity index (χ4n) is 2.81. The number of rotatable bonds is 5. The van der Waals surface area contributed by atoms with Gasteiger partial charge in [-0.25, -0.2) is 0 Å². The lowest BCUT2D eigenvalue weighted by Crippen LogP contribution is -2.40. The zero-order chi connectivity index (χ0) is 19.7. The average molecular weight is 419 g/mol. The van der Waals surface area contributed by atoms with Crippen molar-refractivity contribution in [1.29, 1.82) is 5.41 Å². The summed E-state index contributed by atoms with van der Waals surface area (Å²) in [6.45, 7) is 2.26. The van der Waals surface area contributed by atoms with Crippen LogP contribution in [0, 0.1) is 5.41 Å². The Labute approximate surface area is 169 Å². The smallest absolute Gasteiger partial charge is 0.244 e. The molecule has 0 unspecified atom stereocenters. The van der Waals surface area contributed by atoms with Crippen molar-refractivity contribution >= 4 is 52.2 Å². The second kappa shape index (κ2) is 7.72. The Morgan fingerprint density at radius 1 is 1.32 bits per heavy atom. The fraction of sp³-hybridized carbons (Fsp3) is 0.278. The van der Waals surface area contributed by atoms with Gasteiger partial charge in [-0.3, -0.25) is 15.0 Å². The summed E-state index contributed by atoms with van der Waals surface area (Å²) in [6.07, 6.45) is 0. The first-order valence-corrected chi connectivity index (χ1v) is 10.3. The molecule has 2 aliphatic rings. The number of anilines is 2. The number of carbonyl (C=O) groups excluding carboxylic acids is 2. The lowest BCUT2D eigenvalue weighted by molar-refractivity contribution is -0.120. The first-order valence-electron chi connectivity index (χ1n) is 8.53. The maximum absolute atomic E-state index is 12.5. The number of fused-ring (bicyclic) bond motifs is 2. The maximum Gasteiger partial charge on any atom is 0.244 e. The highest BCUT2D eigenvalue weighted by atomic mass is 32.2. The summed E-state index contributed by atoms with van der Waals surface area (Å²) in [7, 11) is 0. The molecule has 2 N–H and O–H groups in total. The van der Waals surface area contributed by atoms with E-state index in [1.807, 2.05) is 6.92 Å². The number of carbonyl (C=O) groups is 2. The van der Waals surface area contributed by atoms with Crippen molar-refractivity contribution in [2.75, 3.05) is 35.9 Å². The Morgan fingerprint density at radius 2 is 2.14 bits per heavy atom. The number of hydrogen-bond donors (Lipinski definition) is 2. The molecule has 0 radical (unpaired) electrons. The molecule has 3 heterocycles. The summed E-state index contributed by atoms with van der Waals surface area (Å²) < 4.78 is 16.7. The molecule has 28 heavy (non-hydrogen) atoms. The first kappa shape index (κ1) is 18.6. The minimum absolute atomic E-state index is 0.0692. The van der Waals surface area contributed by atoms with Crippen LogP contribution in [0.5, 0.6) is 11.5 Å². The molecule has 2 aromatic rings. The minimum Gasteiger partial charge on any atom is -0.477 e. The van der Waals surface area contributed by atoms with E-state index >= 15 is 0 Å². The van der Waals surface area contributed by atoms with E-state index in [-0.39, 0.29) is 36.8 Å². The van der Waals surface area contributed by atoms with Gasteiger partial charge in [0.1, 0.15) is 6.54 Å². The summed E-state index contributed by atoms with van der Waals surface area (Å²) in [6, 6.07) is 6.86. The van der Waals surface area contributed by atoms with E-state index in [2.05, 4.69) is 5.32 Å². The van der Waals surface area contributed by atoms with Gasteiger partial charge >= 0.3 is 0 Å². The SMILES string of the molecule is CCOC(=N)c1cc2c(s1)SCC(=O)N2CC(=O)Nc1ccc2c(c1)OCO2. The van der Waals surface area contributed by atoms with E-state index in [0.717, 1.165) is 4.21 Å². The Kier molecular flexibility index (Phi) is 5.14. The molecular weight excluding hydrogens is 402 g/mol. The summed E-state index contributed by atoms with van der Waals surface area (Å²) in [4.78, 5) is 27.0. The molecule has 0 bridgehead atoms. The molecule has 0 saturated carbocycles. The third kappa shape index (κ3) is 3.65. The lowest BCUT2D eigenvalue weighted by atomic mass is 10.2. The summed E-state index contributed by atoms with van der Waals surface area (Å²) in [5, 5.41) is 10.7. The maximum atomic E-state index is 12.5. The molecule has 2 amide bonds. The number of nitrogens with one attached hydrogen (secondary N) is 2. The molecule has 1 aromatic carbocycles. The molecule has 0 saturated heterocycles. The predicted octanol–water partition coefficient (Wildman–Crippen LogP) is 2.92. The monoisotopic (exact) mass is 419 g/mol. The van der Waals surface area contributed by atoms with Crippen LogP contribution < -0.4 is 19.7 Å². The Bertz CT molecular complexity index is 959. The summed E-state index contributed by atoms with van der Waals surface area (Å²) in [5.74, 6) is 1.06. The second-order valence-corrected chi connectivity index (χ2v) is 8.23. The van der Waals surface area contributed by atoms with Crippen LogP contribution in [0.15, 0.2) is 28.5 Å². The van der Waals surface area contributed by atoms with Gasteiger partial charge in [0.25, 0.3) is 0 Å². The van der Waals surface area contributed by atoms with Crippen LogP contribution in [0.3, 0.4) is 0 Å². The van der Waals surface area contributed by atoms with Crippen LogP contribution in [0.25, 0.3) is 0 Å². The average Bonchev–Trinajstić information content (AvgIpc) is 3.30. The van der Waals surface area contributed by atoms with Gasteiger partial charge in [0.2, 0.25) is 24.5 Å². The van der Waals surface area contributed by atoms with Gasteiger partial charge in [0.15, 0.2) is 11.5 Å². The van der Waals surface area contributed by atoms with Crippen LogP contribution in [-0.2, 0) is 14.3 Å². The van der Waals surface area contributed by atoms with E-state index in [0.29, 0.717) is 34.4 Å². The number of benzene rings is 1. The number of thioether (sulfide) groups is 1. The number of hydrogen-bond acceptors (Lipinski definition) is 8. The van der Waals surface area contributed by atoms with Gasteiger partial charge in [-0.1, -0.05) is 0 Å². The normalized spacial score (nSPS) is 14.6. The summed E-state index contributed by atoms with van der Waals surface area (Å²) >= 11 is 2.81. The number of thiophene rings is 1. The molecule has 0 aliphatic carbocycles. The quantitative estimate of drug-likeness (QED) is 0.571. The van der Waals surface area contributed by atoms with Crippen LogP contribution in [0.4, 0.5) is 11.4 Å². The van der Waals surface area contributed by atoms with Gasteiger partial charge in [0.05, 0.1) is 27.1 Å². The molecule has 0 atom stereocenters. The Morgan fingerprint density at radius 3 is 2.96 bits per heavy atom. The van der Waals surface area contributed by atoms with E-state index in [1.165, 1.54) is 28.0 Å². The largest absolute Gasteiger partial charge is 0.477 e. The van der Waals surface area contributed by atoms with E-state index in [9.17, 15) is 9.59 Å². The van der Waals surface area contributed by atoms with Gasteiger partial charge in [0, 0.05) is 11.8 Å². The van der Waals surface area contributed by atoms with E-state index in [4.69, 9.17) is 19.6 Å².